The van der Waals surface area contributed by atoms with Crippen LogP contribution in [0.3, 0.4) is 0 Å². The molecule has 2 rings (SSSR count). The lowest BCUT2D eigenvalue weighted by molar-refractivity contribution is 0.0723. The van der Waals surface area contributed by atoms with Crippen LogP contribution in [-0.4, -0.2) is 42.0 Å². The molecule has 1 unspecified atom stereocenters. The molecule has 0 aromatic carbocycles. The smallest absolute Gasteiger partial charge is 0.276 e. The lowest BCUT2D eigenvalue weighted by atomic mass is 10.1. The molecule has 1 amide bonds. The number of nitrogens with two attached hydrogens (primary N) is 1. The van der Waals surface area contributed by atoms with Crippen LogP contribution in [0.5, 0.6) is 0 Å². The molecule has 8 heteroatoms. The summed E-state index contributed by atoms with van der Waals surface area (Å²) in [5.74, 6) is -0.473. The lowest BCUT2D eigenvalue weighted by Gasteiger charge is -2.23. The predicted octanol–water partition coefficient (Wildman–Crippen LogP) is 1.20. The summed E-state index contributed by atoms with van der Waals surface area (Å²) in [6.07, 6.45) is 2.71. The van der Waals surface area contributed by atoms with E-state index in [1.54, 1.807) is 4.90 Å². The van der Waals surface area contributed by atoms with Crippen LogP contribution in [0.15, 0.2) is 4.90 Å². The molecular weight excluding hydrogens is 292 g/mol. The molecule has 21 heavy (non-hydrogen) atoms. The molecule has 0 bridgehead atoms. The number of hydrogen-bond acceptors (Lipinski definition) is 4. The Hall–Kier alpha value is -1.41. The average Bonchev–Trinajstić information content (AvgIpc) is 3.03. The highest BCUT2D eigenvalue weighted by molar-refractivity contribution is 7.89. The molecule has 3 N–H and O–H groups in total. The Morgan fingerprint density at radius 1 is 1.52 bits per heavy atom. The zero-order chi connectivity index (χ0) is 15.8. The molecule has 118 valence electrons. The van der Waals surface area contributed by atoms with Crippen molar-refractivity contribution in [2.75, 3.05) is 6.54 Å². The Balaban J connectivity index is 2.47. The Morgan fingerprint density at radius 2 is 2.19 bits per heavy atom. The van der Waals surface area contributed by atoms with Crippen LogP contribution in [-0.2, 0) is 10.0 Å². The van der Waals surface area contributed by atoms with Gasteiger partial charge >= 0.3 is 0 Å². The summed E-state index contributed by atoms with van der Waals surface area (Å²) in [7, 11) is -4.01. The second-order valence-corrected chi connectivity index (χ2v) is 7.22. The van der Waals surface area contributed by atoms with Gasteiger partial charge < -0.3 is 4.90 Å². The van der Waals surface area contributed by atoms with Gasteiger partial charge in [-0.3, -0.25) is 9.89 Å². The number of carbonyl (C=O) groups is 1. The van der Waals surface area contributed by atoms with Gasteiger partial charge in [0.1, 0.15) is 4.90 Å². The van der Waals surface area contributed by atoms with E-state index in [1.165, 1.54) is 0 Å². The zero-order valence-electron chi connectivity index (χ0n) is 12.6. The maximum absolute atomic E-state index is 12.6. The zero-order valence-corrected chi connectivity index (χ0v) is 13.4. The number of sulfonamides is 1. The van der Waals surface area contributed by atoms with Gasteiger partial charge in [-0.2, -0.15) is 5.10 Å². The number of aromatic amines is 1. The van der Waals surface area contributed by atoms with Crippen LogP contribution in [0.4, 0.5) is 0 Å². The summed E-state index contributed by atoms with van der Waals surface area (Å²) in [4.78, 5) is 14.2. The van der Waals surface area contributed by atoms with Gasteiger partial charge in [0.15, 0.2) is 5.69 Å². The largest absolute Gasteiger partial charge is 0.334 e. The molecule has 1 saturated heterocycles. The van der Waals surface area contributed by atoms with Crippen LogP contribution in [0, 0.1) is 0 Å². The van der Waals surface area contributed by atoms with E-state index in [1.807, 2.05) is 20.8 Å². The van der Waals surface area contributed by atoms with Gasteiger partial charge in [0, 0.05) is 12.6 Å². The van der Waals surface area contributed by atoms with Crippen molar-refractivity contribution in [1.29, 1.82) is 0 Å². The monoisotopic (exact) mass is 314 g/mol. The average molecular weight is 314 g/mol. The van der Waals surface area contributed by atoms with E-state index in [0.29, 0.717) is 12.2 Å². The van der Waals surface area contributed by atoms with Crippen molar-refractivity contribution in [1.82, 2.24) is 15.1 Å². The number of likely N-dealkylation sites (tertiary alicyclic amines) is 1. The number of nitrogens with one attached hydrogen (secondary N) is 1. The Morgan fingerprint density at radius 3 is 2.71 bits per heavy atom. The maximum Gasteiger partial charge on any atom is 0.276 e. The van der Waals surface area contributed by atoms with Crippen molar-refractivity contribution in [3.05, 3.63) is 11.4 Å². The first-order valence-electron chi connectivity index (χ1n) is 7.19. The quantitative estimate of drug-likeness (QED) is 0.870. The van der Waals surface area contributed by atoms with Crippen molar-refractivity contribution in [3.63, 3.8) is 0 Å². The number of carbonyl (C=O) groups excluding carboxylic acids is 1. The van der Waals surface area contributed by atoms with E-state index in [4.69, 9.17) is 5.14 Å². The van der Waals surface area contributed by atoms with Crippen molar-refractivity contribution in [3.8, 4) is 0 Å². The van der Waals surface area contributed by atoms with Gasteiger partial charge in [-0.05, 0) is 25.2 Å². The summed E-state index contributed by atoms with van der Waals surface area (Å²) in [6, 6.07) is 0.144. The summed E-state index contributed by atoms with van der Waals surface area (Å²) in [6.45, 7) is 6.29. The molecule has 1 aromatic heterocycles. The number of aromatic nitrogens is 2. The molecule has 0 spiro atoms. The third-order valence-electron chi connectivity index (χ3n) is 3.92. The molecule has 0 saturated carbocycles. The van der Waals surface area contributed by atoms with Crippen LogP contribution >= 0.6 is 0 Å². The van der Waals surface area contributed by atoms with E-state index >= 15 is 0 Å². The molecule has 2 heterocycles. The van der Waals surface area contributed by atoms with Crippen LogP contribution in [0.2, 0.25) is 0 Å². The Bertz CT molecular complexity index is 636. The van der Waals surface area contributed by atoms with Crippen LogP contribution < -0.4 is 5.14 Å². The van der Waals surface area contributed by atoms with Crippen LogP contribution in [0.25, 0.3) is 0 Å². The fourth-order valence-electron chi connectivity index (χ4n) is 2.83. The third kappa shape index (κ3) is 2.96. The van der Waals surface area contributed by atoms with Crippen molar-refractivity contribution < 1.29 is 13.2 Å². The first-order valence-corrected chi connectivity index (χ1v) is 8.74. The third-order valence-corrected chi connectivity index (χ3v) is 4.90. The molecular formula is C13H22N4O3S. The molecule has 0 aliphatic carbocycles. The highest BCUT2D eigenvalue weighted by Crippen LogP contribution is 2.28. The number of H-pyrrole nitrogens is 1. The van der Waals surface area contributed by atoms with E-state index in [0.717, 1.165) is 19.3 Å². The van der Waals surface area contributed by atoms with E-state index in [9.17, 15) is 13.2 Å². The SMILES string of the molecule is CCC1CCCN1C(=O)c1n[nH]c(C(C)C)c1S(N)(=O)=O. The Kier molecular flexibility index (Phi) is 4.38. The minimum Gasteiger partial charge on any atom is -0.334 e. The van der Waals surface area contributed by atoms with Crippen molar-refractivity contribution in [2.45, 2.75) is 56.9 Å². The summed E-state index contributed by atoms with van der Waals surface area (Å²) in [5.41, 5.74) is 0.301. The fraction of sp³-hybridized carbons (Fsp3) is 0.692. The molecule has 1 aliphatic heterocycles. The highest BCUT2D eigenvalue weighted by Gasteiger charge is 2.35. The van der Waals surface area contributed by atoms with Gasteiger partial charge in [0.25, 0.3) is 5.91 Å². The van der Waals surface area contributed by atoms with Gasteiger partial charge in [-0.15, -0.1) is 0 Å². The summed E-state index contributed by atoms with van der Waals surface area (Å²) in [5, 5.41) is 11.9. The topological polar surface area (TPSA) is 109 Å². The van der Waals surface area contributed by atoms with Crippen molar-refractivity contribution in [2.24, 2.45) is 5.14 Å². The van der Waals surface area contributed by atoms with Gasteiger partial charge in [-0.1, -0.05) is 20.8 Å². The molecule has 7 nitrogen and oxygen atoms in total. The number of hydrogen-bond donors (Lipinski definition) is 2. The number of rotatable bonds is 4. The molecule has 0 radical (unpaired) electrons. The maximum atomic E-state index is 12.6. The summed E-state index contributed by atoms with van der Waals surface area (Å²) < 4.78 is 23.7. The Labute approximate surface area is 124 Å². The van der Waals surface area contributed by atoms with E-state index in [2.05, 4.69) is 10.2 Å². The van der Waals surface area contributed by atoms with Gasteiger partial charge in [0.2, 0.25) is 10.0 Å². The molecule has 1 atom stereocenters. The molecule has 1 fully saturated rings. The minimum absolute atomic E-state index is 0.0819. The second kappa shape index (κ2) is 5.76. The van der Waals surface area contributed by atoms with Crippen molar-refractivity contribution >= 4 is 15.9 Å². The molecule has 1 aliphatic rings. The first-order chi connectivity index (χ1) is 9.77. The predicted molar refractivity (Wildman–Crippen MR) is 78.4 cm³/mol. The first kappa shape index (κ1) is 16.0. The standard InChI is InChI=1S/C13H22N4O3S/c1-4-9-6-5-7-17(9)13(18)11-12(21(14,19)20)10(8(2)3)15-16-11/h8-9H,4-7H2,1-3H3,(H,15,16)(H2,14,19,20). The van der Waals surface area contributed by atoms with Gasteiger partial charge in [-0.25, -0.2) is 13.6 Å². The number of amides is 1. The van der Waals surface area contributed by atoms with Gasteiger partial charge in [0.05, 0.1) is 5.69 Å². The summed E-state index contributed by atoms with van der Waals surface area (Å²) >= 11 is 0. The number of primary sulfonamides is 1. The second-order valence-electron chi connectivity index (χ2n) is 5.72. The highest BCUT2D eigenvalue weighted by atomic mass is 32.2. The minimum atomic E-state index is -4.01. The lowest BCUT2D eigenvalue weighted by Crippen LogP contribution is -2.36. The fourth-order valence-corrected chi connectivity index (χ4v) is 3.82. The van der Waals surface area contributed by atoms with E-state index < -0.39 is 10.0 Å². The molecule has 1 aromatic rings. The van der Waals surface area contributed by atoms with E-state index in [-0.39, 0.29) is 28.5 Å². The van der Waals surface area contributed by atoms with Crippen LogP contribution in [0.1, 0.15) is 62.1 Å². The number of nitrogens with zero attached hydrogens (tertiary/aromatic N) is 2. The normalized spacial score (nSPS) is 19.5.